The van der Waals surface area contributed by atoms with E-state index < -0.39 is 0 Å². The van der Waals surface area contributed by atoms with Crippen molar-refractivity contribution in [2.24, 2.45) is 5.73 Å². The standard InChI is InChI=1S/C18H23N3O/c1-14-11-17(16-4-2-3-15(12-16)5-6-19)13-20-18(14)21-7-9-22-10-8-21/h2-4,11-13H,5-10,19H2,1H3. The van der Waals surface area contributed by atoms with Crippen LogP contribution in [0.1, 0.15) is 11.1 Å². The Labute approximate surface area is 131 Å². The second-order valence-electron chi connectivity index (χ2n) is 5.70. The molecule has 0 radical (unpaired) electrons. The second-order valence-corrected chi connectivity index (χ2v) is 5.70. The molecule has 0 atom stereocenters. The largest absolute Gasteiger partial charge is 0.378 e. The molecule has 2 heterocycles. The van der Waals surface area contributed by atoms with Crippen molar-refractivity contribution in [1.29, 1.82) is 0 Å². The van der Waals surface area contributed by atoms with Crippen molar-refractivity contribution in [1.82, 2.24) is 4.98 Å². The maximum Gasteiger partial charge on any atom is 0.131 e. The fourth-order valence-electron chi connectivity index (χ4n) is 2.90. The highest BCUT2D eigenvalue weighted by Gasteiger charge is 2.15. The fourth-order valence-corrected chi connectivity index (χ4v) is 2.90. The lowest BCUT2D eigenvalue weighted by Gasteiger charge is -2.29. The summed E-state index contributed by atoms with van der Waals surface area (Å²) in [5, 5.41) is 0. The first-order chi connectivity index (χ1) is 10.8. The lowest BCUT2D eigenvalue weighted by atomic mass is 10.0. The van der Waals surface area contributed by atoms with Gasteiger partial charge in [-0.3, -0.25) is 0 Å². The molecule has 0 saturated carbocycles. The van der Waals surface area contributed by atoms with Crippen LogP contribution in [0.5, 0.6) is 0 Å². The summed E-state index contributed by atoms with van der Waals surface area (Å²) in [6.07, 6.45) is 2.88. The number of anilines is 1. The quantitative estimate of drug-likeness (QED) is 0.941. The van der Waals surface area contributed by atoms with Crippen LogP contribution in [0, 0.1) is 6.92 Å². The van der Waals surface area contributed by atoms with Crippen molar-refractivity contribution in [2.45, 2.75) is 13.3 Å². The third-order valence-electron chi connectivity index (χ3n) is 4.05. The predicted octanol–water partition coefficient (Wildman–Crippen LogP) is 2.39. The fraction of sp³-hybridized carbons (Fsp3) is 0.389. The Hall–Kier alpha value is -1.91. The molecule has 1 saturated heterocycles. The molecule has 2 aromatic rings. The van der Waals surface area contributed by atoms with E-state index in [0.717, 1.165) is 44.1 Å². The highest BCUT2D eigenvalue weighted by molar-refractivity contribution is 5.66. The van der Waals surface area contributed by atoms with Crippen LogP contribution >= 0.6 is 0 Å². The first-order valence-corrected chi connectivity index (χ1v) is 7.86. The predicted molar refractivity (Wildman–Crippen MR) is 90.2 cm³/mol. The Balaban J connectivity index is 1.86. The van der Waals surface area contributed by atoms with E-state index in [1.807, 2.05) is 6.20 Å². The highest BCUT2D eigenvalue weighted by Crippen LogP contribution is 2.26. The maximum absolute atomic E-state index is 5.65. The molecule has 22 heavy (non-hydrogen) atoms. The van der Waals surface area contributed by atoms with Gasteiger partial charge in [0.2, 0.25) is 0 Å². The van der Waals surface area contributed by atoms with Gasteiger partial charge < -0.3 is 15.4 Å². The van der Waals surface area contributed by atoms with Crippen molar-refractivity contribution in [3.8, 4) is 11.1 Å². The first-order valence-electron chi connectivity index (χ1n) is 7.86. The number of nitrogens with zero attached hydrogens (tertiary/aromatic N) is 2. The van der Waals surface area contributed by atoms with Crippen molar-refractivity contribution in [2.75, 3.05) is 37.7 Å². The van der Waals surface area contributed by atoms with E-state index >= 15 is 0 Å². The molecule has 1 aliphatic rings. The van der Waals surface area contributed by atoms with Crippen LogP contribution in [0.15, 0.2) is 36.5 Å². The molecular formula is C18H23N3O. The minimum Gasteiger partial charge on any atom is -0.378 e. The van der Waals surface area contributed by atoms with Gasteiger partial charge in [-0.2, -0.15) is 0 Å². The van der Waals surface area contributed by atoms with Gasteiger partial charge in [-0.15, -0.1) is 0 Å². The minimum atomic E-state index is 0.677. The number of hydrogen-bond donors (Lipinski definition) is 1. The molecule has 1 aliphatic heterocycles. The molecule has 1 fully saturated rings. The number of aromatic nitrogens is 1. The van der Waals surface area contributed by atoms with Gasteiger partial charge in [-0.25, -0.2) is 4.98 Å². The molecule has 1 aromatic carbocycles. The minimum absolute atomic E-state index is 0.677. The normalized spacial score (nSPS) is 15.1. The number of nitrogens with two attached hydrogens (primary N) is 1. The zero-order chi connectivity index (χ0) is 15.4. The Morgan fingerprint density at radius 2 is 2.00 bits per heavy atom. The smallest absolute Gasteiger partial charge is 0.131 e. The van der Waals surface area contributed by atoms with Crippen LogP contribution < -0.4 is 10.6 Å². The van der Waals surface area contributed by atoms with Gasteiger partial charge in [0, 0.05) is 24.8 Å². The van der Waals surface area contributed by atoms with Gasteiger partial charge in [-0.05, 0) is 42.6 Å². The molecule has 1 aromatic heterocycles. The van der Waals surface area contributed by atoms with Crippen LogP contribution in [-0.2, 0) is 11.2 Å². The molecule has 0 amide bonds. The van der Waals surface area contributed by atoms with Crippen LogP contribution in [-0.4, -0.2) is 37.8 Å². The average Bonchev–Trinajstić information content (AvgIpc) is 2.56. The summed E-state index contributed by atoms with van der Waals surface area (Å²) in [7, 11) is 0. The lowest BCUT2D eigenvalue weighted by Crippen LogP contribution is -2.37. The Morgan fingerprint density at radius 1 is 1.18 bits per heavy atom. The number of rotatable bonds is 4. The average molecular weight is 297 g/mol. The summed E-state index contributed by atoms with van der Waals surface area (Å²) >= 11 is 0. The van der Waals surface area contributed by atoms with E-state index in [-0.39, 0.29) is 0 Å². The summed E-state index contributed by atoms with van der Waals surface area (Å²) in [4.78, 5) is 7.00. The molecule has 2 N–H and O–H groups in total. The number of morpholine rings is 1. The third kappa shape index (κ3) is 3.29. The van der Waals surface area contributed by atoms with E-state index in [1.165, 1.54) is 16.7 Å². The molecule has 4 heteroatoms. The van der Waals surface area contributed by atoms with Crippen LogP contribution in [0.4, 0.5) is 5.82 Å². The zero-order valence-corrected chi connectivity index (χ0v) is 13.1. The molecule has 0 unspecified atom stereocenters. The summed E-state index contributed by atoms with van der Waals surface area (Å²) in [6.45, 7) is 6.20. The molecular weight excluding hydrogens is 274 g/mol. The molecule has 0 bridgehead atoms. The number of pyridine rings is 1. The van der Waals surface area contributed by atoms with Gasteiger partial charge in [0.1, 0.15) is 5.82 Å². The van der Waals surface area contributed by atoms with Crippen molar-refractivity contribution in [3.05, 3.63) is 47.7 Å². The monoisotopic (exact) mass is 297 g/mol. The number of benzene rings is 1. The Morgan fingerprint density at radius 3 is 2.73 bits per heavy atom. The third-order valence-corrected chi connectivity index (χ3v) is 4.05. The van der Waals surface area contributed by atoms with Crippen molar-refractivity contribution >= 4 is 5.82 Å². The van der Waals surface area contributed by atoms with E-state index in [1.54, 1.807) is 0 Å². The summed E-state index contributed by atoms with van der Waals surface area (Å²) < 4.78 is 5.41. The van der Waals surface area contributed by atoms with E-state index in [0.29, 0.717) is 6.54 Å². The summed E-state index contributed by atoms with van der Waals surface area (Å²) in [5.41, 5.74) is 10.5. The van der Waals surface area contributed by atoms with Crippen LogP contribution in [0.25, 0.3) is 11.1 Å². The van der Waals surface area contributed by atoms with Crippen LogP contribution in [0.3, 0.4) is 0 Å². The van der Waals surface area contributed by atoms with Crippen LogP contribution in [0.2, 0.25) is 0 Å². The molecule has 116 valence electrons. The van der Waals surface area contributed by atoms with Gasteiger partial charge >= 0.3 is 0 Å². The Kier molecular flexibility index (Phi) is 4.71. The molecule has 0 aliphatic carbocycles. The second kappa shape index (κ2) is 6.90. The number of hydrogen-bond acceptors (Lipinski definition) is 4. The number of ether oxygens (including phenoxy) is 1. The molecule has 4 nitrogen and oxygen atoms in total. The summed E-state index contributed by atoms with van der Waals surface area (Å²) in [5.74, 6) is 1.07. The van der Waals surface area contributed by atoms with Gasteiger partial charge in [0.15, 0.2) is 0 Å². The van der Waals surface area contributed by atoms with Gasteiger partial charge in [-0.1, -0.05) is 24.3 Å². The summed E-state index contributed by atoms with van der Waals surface area (Å²) in [6, 6.07) is 10.8. The first kappa shape index (κ1) is 15.0. The molecule has 0 spiro atoms. The highest BCUT2D eigenvalue weighted by atomic mass is 16.5. The van der Waals surface area contributed by atoms with Gasteiger partial charge in [0.05, 0.1) is 13.2 Å². The van der Waals surface area contributed by atoms with Crippen molar-refractivity contribution in [3.63, 3.8) is 0 Å². The van der Waals surface area contributed by atoms with E-state index in [4.69, 9.17) is 15.5 Å². The lowest BCUT2D eigenvalue weighted by molar-refractivity contribution is 0.122. The number of aryl methyl sites for hydroxylation is 1. The van der Waals surface area contributed by atoms with Gasteiger partial charge in [0.25, 0.3) is 0 Å². The SMILES string of the molecule is Cc1cc(-c2cccc(CCN)c2)cnc1N1CCOCC1. The topological polar surface area (TPSA) is 51.4 Å². The Bertz CT molecular complexity index is 636. The van der Waals surface area contributed by atoms with E-state index in [2.05, 4.69) is 42.2 Å². The molecule has 3 rings (SSSR count). The van der Waals surface area contributed by atoms with Crippen molar-refractivity contribution < 1.29 is 4.74 Å². The zero-order valence-electron chi connectivity index (χ0n) is 13.1. The maximum atomic E-state index is 5.65. The van der Waals surface area contributed by atoms with E-state index in [9.17, 15) is 0 Å².